The molecule has 0 aliphatic carbocycles. The summed E-state index contributed by atoms with van der Waals surface area (Å²) in [6, 6.07) is 4.14. The molecule has 144 valence electrons. The van der Waals surface area contributed by atoms with Gasteiger partial charge in [0.1, 0.15) is 11.6 Å². The highest BCUT2D eigenvalue weighted by molar-refractivity contribution is 5.75. The molecule has 0 bridgehead atoms. The highest BCUT2D eigenvalue weighted by Gasteiger charge is 2.31. The molecule has 0 radical (unpaired) electrons. The van der Waals surface area contributed by atoms with E-state index in [1.54, 1.807) is 13.2 Å². The SMILES string of the molecule is COc1ccc(F)cc1C(C)NC(=O)N1CCC[C@H]1CN1CCOCC1. The largest absolute Gasteiger partial charge is 0.496 e. The van der Waals surface area contributed by atoms with Crippen LogP contribution in [0.2, 0.25) is 0 Å². The highest BCUT2D eigenvalue weighted by Crippen LogP contribution is 2.27. The van der Waals surface area contributed by atoms with Gasteiger partial charge >= 0.3 is 6.03 Å². The van der Waals surface area contributed by atoms with Gasteiger partial charge < -0.3 is 19.7 Å². The molecule has 0 aromatic heterocycles. The lowest BCUT2D eigenvalue weighted by molar-refractivity contribution is 0.0291. The Hall–Kier alpha value is -1.86. The molecule has 3 rings (SSSR count). The number of hydrogen-bond donors (Lipinski definition) is 1. The molecule has 1 aromatic carbocycles. The molecule has 7 heteroatoms. The van der Waals surface area contributed by atoms with Crippen LogP contribution >= 0.6 is 0 Å². The van der Waals surface area contributed by atoms with Crippen LogP contribution < -0.4 is 10.1 Å². The quantitative estimate of drug-likeness (QED) is 0.871. The molecule has 2 atom stereocenters. The van der Waals surface area contributed by atoms with Crippen LogP contribution in [0.4, 0.5) is 9.18 Å². The third kappa shape index (κ3) is 4.45. The number of carbonyl (C=O) groups excluding carboxylic acids is 1. The second-order valence-electron chi connectivity index (χ2n) is 6.96. The van der Waals surface area contributed by atoms with E-state index in [-0.39, 0.29) is 23.9 Å². The minimum absolute atomic E-state index is 0.0976. The van der Waals surface area contributed by atoms with E-state index in [0.717, 1.165) is 52.2 Å². The Labute approximate surface area is 154 Å². The van der Waals surface area contributed by atoms with Gasteiger partial charge in [-0.15, -0.1) is 0 Å². The summed E-state index contributed by atoms with van der Waals surface area (Å²) >= 11 is 0. The van der Waals surface area contributed by atoms with E-state index in [9.17, 15) is 9.18 Å². The number of morpholine rings is 1. The number of carbonyl (C=O) groups is 1. The Bertz CT molecular complexity index is 622. The fourth-order valence-corrected chi connectivity index (χ4v) is 3.76. The summed E-state index contributed by atoms with van der Waals surface area (Å²) in [6.07, 6.45) is 2.03. The van der Waals surface area contributed by atoms with Crippen LogP contribution in [0.1, 0.15) is 31.4 Å². The molecule has 2 aliphatic rings. The number of urea groups is 1. The maximum absolute atomic E-state index is 13.6. The number of benzene rings is 1. The topological polar surface area (TPSA) is 54.0 Å². The van der Waals surface area contributed by atoms with Crippen molar-refractivity contribution in [3.63, 3.8) is 0 Å². The molecule has 2 saturated heterocycles. The van der Waals surface area contributed by atoms with Gasteiger partial charge in [-0.05, 0) is 38.0 Å². The summed E-state index contributed by atoms with van der Waals surface area (Å²) in [7, 11) is 1.55. The summed E-state index contributed by atoms with van der Waals surface area (Å²) in [5.41, 5.74) is 0.643. The van der Waals surface area contributed by atoms with Crippen molar-refractivity contribution in [2.24, 2.45) is 0 Å². The van der Waals surface area contributed by atoms with Crippen molar-refractivity contribution in [3.8, 4) is 5.75 Å². The molecule has 2 fully saturated rings. The number of methoxy groups -OCH3 is 1. The fraction of sp³-hybridized carbons (Fsp3) is 0.632. The molecule has 0 spiro atoms. The molecule has 26 heavy (non-hydrogen) atoms. The third-order valence-electron chi connectivity index (χ3n) is 5.21. The monoisotopic (exact) mass is 365 g/mol. The lowest BCUT2D eigenvalue weighted by atomic mass is 10.1. The average molecular weight is 365 g/mol. The van der Waals surface area contributed by atoms with E-state index in [4.69, 9.17) is 9.47 Å². The van der Waals surface area contributed by atoms with Crippen LogP contribution in [0, 0.1) is 5.82 Å². The molecule has 2 aliphatic heterocycles. The Kier molecular flexibility index (Phi) is 6.32. The van der Waals surface area contributed by atoms with Crippen LogP contribution in [0.5, 0.6) is 5.75 Å². The summed E-state index contributed by atoms with van der Waals surface area (Å²) in [4.78, 5) is 17.1. The smallest absolute Gasteiger partial charge is 0.318 e. The van der Waals surface area contributed by atoms with Crippen LogP contribution in [0.25, 0.3) is 0 Å². The van der Waals surface area contributed by atoms with Crippen molar-refractivity contribution in [3.05, 3.63) is 29.6 Å². The first kappa shape index (κ1) is 18.9. The van der Waals surface area contributed by atoms with Gasteiger partial charge in [-0.25, -0.2) is 9.18 Å². The van der Waals surface area contributed by atoms with E-state index < -0.39 is 0 Å². The van der Waals surface area contributed by atoms with Crippen molar-refractivity contribution < 1.29 is 18.7 Å². The van der Waals surface area contributed by atoms with Gasteiger partial charge in [0.2, 0.25) is 0 Å². The first-order chi connectivity index (χ1) is 12.6. The summed E-state index contributed by atoms with van der Waals surface area (Å²) in [6.45, 7) is 6.85. The maximum Gasteiger partial charge on any atom is 0.318 e. The summed E-state index contributed by atoms with van der Waals surface area (Å²) in [5, 5.41) is 3.00. The minimum atomic E-state index is -0.340. The predicted molar refractivity (Wildman–Crippen MR) is 96.9 cm³/mol. The van der Waals surface area contributed by atoms with Crippen molar-refractivity contribution >= 4 is 6.03 Å². The molecule has 1 unspecified atom stereocenters. The van der Waals surface area contributed by atoms with Crippen LogP contribution in [-0.4, -0.2) is 68.4 Å². The summed E-state index contributed by atoms with van der Waals surface area (Å²) < 4.78 is 24.3. The number of halogens is 1. The number of rotatable bonds is 5. The molecular formula is C19H28FN3O3. The van der Waals surface area contributed by atoms with Gasteiger partial charge in [-0.3, -0.25) is 4.90 Å². The van der Waals surface area contributed by atoms with Crippen LogP contribution in [0.15, 0.2) is 18.2 Å². The van der Waals surface area contributed by atoms with Crippen molar-refractivity contribution in [1.82, 2.24) is 15.1 Å². The van der Waals surface area contributed by atoms with Crippen LogP contribution in [0.3, 0.4) is 0 Å². The van der Waals surface area contributed by atoms with E-state index in [0.29, 0.717) is 11.3 Å². The highest BCUT2D eigenvalue weighted by atomic mass is 19.1. The third-order valence-corrected chi connectivity index (χ3v) is 5.21. The molecule has 6 nitrogen and oxygen atoms in total. The molecule has 2 heterocycles. The van der Waals surface area contributed by atoms with Gasteiger partial charge in [0.25, 0.3) is 0 Å². The van der Waals surface area contributed by atoms with Gasteiger partial charge in [-0.1, -0.05) is 0 Å². The zero-order valence-corrected chi connectivity index (χ0v) is 15.5. The van der Waals surface area contributed by atoms with Gasteiger partial charge in [-0.2, -0.15) is 0 Å². The molecule has 0 saturated carbocycles. The lowest BCUT2D eigenvalue weighted by Crippen LogP contribution is -2.49. The Morgan fingerprint density at radius 2 is 2.15 bits per heavy atom. The van der Waals surface area contributed by atoms with E-state index in [1.807, 2.05) is 11.8 Å². The predicted octanol–water partition coefficient (Wildman–Crippen LogP) is 2.40. The first-order valence-electron chi connectivity index (χ1n) is 9.29. The number of likely N-dealkylation sites (tertiary alicyclic amines) is 1. The molecule has 1 aromatic rings. The molecule has 1 N–H and O–H groups in total. The number of amides is 2. The maximum atomic E-state index is 13.6. The fourth-order valence-electron chi connectivity index (χ4n) is 3.76. The zero-order chi connectivity index (χ0) is 18.5. The summed E-state index contributed by atoms with van der Waals surface area (Å²) in [5.74, 6) is 0.235. The standard InChI is InChI=1S/C19H28FN3O3/c1-14(17-12-15(20)5-6-18(17)25-2)21-19(24)23-7-3-4-16(23)13-22-8-10-26-11-9-22/h5-6,12,14,16H,3-4,7-11,13H2,1-2H3,(H,21,24)/t14?,16-/m0/s1. The zero-order valence-electron chi connectivity index (χ0n) is 15.5. The second-order valence-corrected chi connectivity index (χ2v) is 6.96. The lowest BCUT2D eigenvalue weighted by Gasteiger charge is -2.33. The van der Waals surface area contributed by atoms with Gasteiger partial charge in [0, 0.05) is 37.8 Å². The van der Waals surface area contributed by atoms with E-state index >= 15 is 0 Å². The van der Waals surface area contributed by atoms with Gasteiger partial charge in [0.15, 0.2) is 0 Å². The number of nitrogens with one attached hydrogen (secondary N) is 1. The van der Waals surface area contributed by atoms with Crippen LogP contribution in [-0.2, 0) is 4.74 Å². The van der Waals surface area contributed by atoms with Crippen molar-refractivity contribution in [2.45, 2.75) is 31.8 Å². The normalized spacial score (nSPS) is 22.3. The average Bonchev–Trinajstić information content (AvgIpc) is 3.10. The number of nitrogens with zero attached hydrogens (tertiary/aromatic N) is 2. The van der Waals surface area contributed by atoms with Gasteiger partial charge in [0.05, 0.1) is 26.4 Å². The minimum Gasteiger partial charge on any atom is -0.496 e. The molecular weight excluding hydrogens is 337 g/mol. The number of hydrogen-bond acceptors (Lipinski definition) is 4. The Morgan fingerprint density at radius 1 is 1.38 bits per heavy atom. The van der Waals surface area contributed by atoms with Crippen molar-refractivity contribution in [2.75, 3.05) is 46.5 Å². The Morgan fingerprint density at radius 3 is 2.88 bits per heavy atom. The first-order valence-corrected chi connectivity index (χ1v) is 9.29. The molecule has 2 amide bonds. The van der Waals surface area contributed by atoms with E-state index in [2.05, 4.69) is 10.2 Å². The van der Waals surface area contributed by atoms with E-state index in [1.165, 1.54) is 12.1 Å². The second kappa shape index (κ2) is 8.68. The number of ether oxygens (including phenoxy) is 2. The Balaban J connectivity index is 1.62. The van der Waals surface area contributed by atoms with Crippen molar-refractivity contribution in [1.29, 1.82) is 0 Å².